The maximum atomic E-state index is 10.1. The quantitative estimate of drug-likeness (QED) is 0.618. The van der Waals surface area contributed by atoms with Crippen molar-refractivity contribution >= 4 is 6.47 Å². The Balaban J connectivity index is 0.000000331. The van der Waals surface area contributed by atoms with Gasteiger partial charge in [0.1, 0.15) is 5.60 Å². The first kappa shape index (κ1) is 17.5. The van der Waals surface area contributed by atoms with Crippen molar-refractivity contribution in [3.8, 4) is 0 Å². The summed E-state index contributed by atoms with van der Waals surface area (Å²) in [5.74, 6) is 0. The minimum atomic E-state index is -0.0816. The van der Waals surface area contributed by atoms with Gasteiger partial charge in [-0.1, -0.05) is 47.5 Å². The Labute approximate surface area is 113 Å². The van der Waals surface area contributed by atoms with E-state index in [1.54, 1.807) is 0 Å². The highest BCUT2D eigenvalue weighted by atomic mass is 16.5. The van der Waals surface area contributed by atoms with Crippen LogP contribution in [0, 0.1) is 5.41 Å². The lowest BCUT2D eigenvalue weighted by atomic mass is 9.86. The molecule has 1 saturated carbocycles. The normalized spacial score (nSPS) is 17.8. The van der Waals surface area contributed by atoms with E-state index in [0.717, 1.165) is 19.3 Å². The standard InChI is InChI=1S/C8H14O2.C8H18/c1-2-8(10-7-9)5-3-4-6-8;1-5-7-8(3,4)6-2/h7H,2-6H2,1H3;5-7H2,1-4H3. The van der Waals surface area contributed by atoms with Crippen LogP contribution in [0.2, 0.25) is 0 Å². The first-order valence-corrected chi connectivity index (χ1v) is 7.56. The zero-order chi connectivity index (χ0) is 14.1. The molecule has 0 aliphatic heterocycles. The molecule has 18 heavy (non-hydrogen) atoms. The van der Waals surface area contributed by atoms with Crippen molar-refractivity contribution in [2.45, 2.75) is 91.6 Å². The molecule has 0 atom stereocenters. The Morgan fingerprint density at radius 3 is 2.00 bits per heavy atom. The van der Waals surface area contributed by atoms with E-state index in [2.05, 4.69) is 34.6 Å². The van der Waals surface area contributed by atoms with Crippen LogP contribution >= 0.6 is 0 Å². The largest absolute Gasteiger partial charge is 0.461 e. The SMILES string of the molecule is CCC1(OC=O)CCCC1.CCCC(C)(C)CC. The van der Waals surface area contributed by atoms with Crippen molar-refractivity contribution in [1.82, 2.24) is 0 Å². The summed E-state index contributed by atoms with van der Waals surface area (Å²) in [5, 5.41) is 0. The lowest BCUT2D eigenvalue weighted by molar-refractivity contribution is -0.143. The molecule has 1 rings (SSSR count). The minimum Gasteiger partial charge on any atom is -0.461 e. The van der Waals surface area contributed by atoms with Gasteiger partial charge in [-0.25, -0.2) is 0 Å². The molecule has 0 amide bonds. The molecule has 0 unspecified atom stereocenters. The van der Waals surface area contributed by atoms with Gasteiger partial charge in [-0.15, -0.1) is 0 Å². The minimum absolute atomic E-state index is 0.0816. The summed E-state index contributed by atoms with van der Waals surface area (Å²) < 4.78 is 5.06. The summed E-state index contributed by atoms with van der Waals surface area (Å²) in [6, 6.07) is 0. The highest BCUT2D eigenvalue weighted by Gasteiger charge is 2.33. The summed E-state index contributed by atoms with van der Waals surface area (Å²) in [4.78, 5) is 10.1. The van der Waals surface area contributed by atoms with Crippen LogP contribution in [0.4, 0.5) is 0 Å². The Hall–Kier alpha value is -0.530. The third kappa shape index (κ3) is 6.42. The summed E-state index contributed by atoms with van der Waals surface area (Å²) >= 11 is 0. The van der Waals surface area contributed by atoms with Crippen molar-refractivity contribution < 1.29 is 9.53 Å². The maximum Gasteiger partial charge on any atom is 0.293 e. The topological polar surface area (TPSA) is 26.3 Å². The van der Waals surface area contributed by atoms with Crippen LogP contribution in [0.25, 0.3) is 0 Å². The molecule has 0 aromatic heterocycles. The molecular formula is C16H32O2. The fourth-order valence-corrected chi connectivity index (χ4v) is 2.53. The van der Waals surface area contributed by atoms with Crippen molar-refractivity contribution in [3.63, 3.8) is 0 Å². The second-order valence-electron chi connectivity index (χ2n) is 6.23. The zero-order valence-electron chi connectivity index (χ0n) is 13.1. The van der Waals surface area contributed by atoms with Gasteiger partial charge in [-0.05, 0) is 43.9 Å². The average Bonchev–Trinajstić information content (AvgIpc) is 2.80. The fraction of sp³-hybridized carbons (Fsp3) is 0.938. The van der Waals surface area contributed by atoms with Gasteiger partial charge >= 0.3 is 0 Å². The van der Waals surface area contributed by atoms with E-state index in [0.29, 0.717) is 11.9 Å². The lowest BCUT2D eigenvalue weighted by Gasteiger charge is -2.24. The molecule has 0 aromatic carbocycles. The molecule has 0 heterocycles. The monoisotopic (exact) mass is 256 g/mol. The van der Waals surface area contributed by atoms with Gasteiger partial charge < -0.3 is 4.74 Å². The highest BCUT2D eigenvalue weighted by molar-refractivity contribution is 5.38. The van der Waals surface area contributed by atoms with E-state index in [1.165, 1.54) is 32.1 Å². The second-order valence-corrected chi connectivity index (χ2v) is 6.23. The number of rotatable bonds is 6. The van der Waals surface area contributed by atoms with Gasteiger partial charge in [-0.2, -0.15) is 0 Å². The molecule has 1 aliphatic carbocycles. The second kappa shape index (κ2) is 8.55. The molecule has 1 fully saturated rings. The van der Waals surface area contributed by atoms with Crippen LogP contribution in [0.1, 0.15) is 86.0 Å². The molecule has 2 heteroatoms. The molecule has 0 aromatic rings. The smallest absolute Gasteiger partial charge is 0.293 e. The predicted octanol–water partition coefficient (Wildman–Crippen LogP) is 5.10. The maximum absolute atomic E-state index is 10.1. The van der Waals surface area contributed by atoms with E-state index in [-0.39, 0.29) is 5.60 Å². The van der Waals surface area contributed by atoms with Gasteiger partial charge in [0.25, 0.3) is 6.47 Å². The molecule has 1 aliphatic rings. The van der Waals surface area contributed by atoms with E-state index >= 15 is 0 Å². The molecule has 0 spiro atoms. The number of carbonyl (C=O) groups is 1. The molecule has 0 N–H and O–H groups in total. The van der Waals surface area contributed by atoms with Gasteiger partial charge in [0.15, 0.2) is 0 Å². The fourth-order valence-electron chi connectivity index (χ4n) is 2.53. The molecular weight excluding hydrogens is 224 g/mol. The first-order chi connectivity index (χ1) is 8.45. The molecule has 0 saturated heterocycles. The zero-order valence-corrected chi connectivity index (χ0v) is 13.1. The highest BCUT2D eigenvalue weighted by Crippen LogP contribution is 2.35. The summed E-state index contributed by atoms with van der Waals surface area (Å²) in [5.41, 5.74) is 0.510. The number of hydrogen-bond donors (Lipinski definition) is 0. The Kier molecular flexibility index (Phi) is 8.30. The van der Waals surface area contributed by atoms with Crippen LogP contribution in [-0.4, -0.2) is 12.1 Å². The van der Waals surface area contributed by atoms with Crippen molar-refractivity contribution in [1.29, 1.82) is 0 Å². The molecule has 2 nitrogen and oxygen atoms in total. The van der Waals surface area contributed by atoms with Crippen molar-refractivity contribution in [2.24, 2.45) is 5.41 Å². The van der Waals surface area contributed by atoms with Gasteiger partial charge in [0.2, 0.25) is 0 Å². The summed E-state index contributed by atoms with van der Waals surface area (Å²) in [6.45, 7) is 11.8. The first-order valence-electron chi connectivity index (χ1n) is 7.56. The average molecular weight is 256 g/mol. The number of hydrogen-bond acceptors (Lipinski definition) is 2. The third-order valence-corrected chi connectivity index (χ3v) is 4.34. The van der Waals surface area contributed by atoms with Crippen LogP contribution in [-0.2, 0) is 9.53 Å². The number of carbonyl (C=O) groups excluding carboxylic acids is 1. The number of ether oxygens (including phenoxy) is 1. The molecule has 0 radical (unpaired) electrons. The van der Waals surface area contributed by atoms with Gasteiger partial charge in [0.05, 0.1) is 0 Å². The lowest BCUT2D eigenvalue weighted by Crippen LogP contribution is -2.26. The predicted molar refractivity (Wildman–Crippen MR) is 77.6 cm³/mol. The van der Waals surface area contributed by atoms with Crippen LogP contribution in [0.3, 0.4) is 0 Å². The van der Waals surface area contributed by atoms with Gasteiger partial charge in [0, 0.05) is 0 Å². The van der Waals surface area contributed by atoms with Crippen LogP contribution in [0.5, 0.6) is 0 Å². The van der Waals surface area contributed by atoms with Crippen molar-refractivity contribution in [2.75, 3.05) is 0 Å². The Bertz CT molecular complexity index is 215. The van der Waals surface area contributed by atoms with Crippen molar-refractivity contribution in [3.05, 3.63) is 0 Å². The van der Waals surface area contributed by atoms with E-state index in [4.69, 9.17) is 4.74 Å². The third-order valence-electron chi connectivity index (χ3n) is 4.34. The van der Waals surface area contributed by atoms with E-state index in [9.17, 15) is 4.79 Å². The van der Waals surface area contributed by atoms with Gasteiger partial charge in [-0.3, -0.25) is 4.79 Å². The summed E-state index contributed by atoms with van der Waals surface area (Å²) in [6.07, 6.45) is 9.49. The molecule has 0 bridgehead atoms. The van der Waals surface area contributed by atoms with Crippen LogP contribution in [0.15, 0.2) is 0 Å². The Morgan fingerprint density at radius 1 is 1.17 bits per heavy atom. The van der Waals surface area contributed by atoms with E-state index in [1.807, 2.05) is 0 Å². The molecule has 108 valence electrons. The Morgan fingerprint density at radius 2 is 1.72 bits per heavy atom. The summed E-state index contributed by atoms with van der Waals surface area (Å²) in [7, 11) is 0. The van der Waals surface area contributed by atoms with E-state index < -0.39 is 0 Å². The van der Waals surface area contributed by atoms with Crippen LogP contribution < -0.4 is 0 Å².